The third-order valence-corrected chi connectivity index (χ3v) is 4.13. The first-order chi connectivity index (χ1) is 8.15. The van der Waals surface area contributed by atoms with Crippen molar-refractivity contribution in [1.82, 2.24) is 10.2 Å². The van der Waals surface area contributed by atoms with Gasteiger partial charge in [0.05, 0.1) is 6.54 Å². The van der Waals surface area contributed by atoms with Crippen LogP contribution < -0.4 is 11.1 Å². The predicted molar refractivity (Wildman–Crippen MR) is 75.8 cm³/mol. The molecule has 106 valence electrons. The summed E-state index contributed by atoms with van der Waals surface area (Å²) in [6.45, 7) is 4.61. The SMILES string of the molecule is CC1CCCCC1NC(=O)CN1CC[C@H](N)C1.Cl. The van der Waals surface area contributed by atoms with Crippen LogP contribution in [-0.4, -0.2) is 42.5 Å². The zero-order chi connectivity index (χ0) is 12.3. The Hall–Kier alpha value is -0.320. The fraction of sp³-hybridized carbons (Fsp3) is 0.923. The number of carbonyl (C=O) groups excluding carboxylic acids is 1. The Bertz CT molecular complexity index is 275. The van der Waals surface area contributed by atoms with Crippen molar-refractivity contribution in [3.05, 3.63) is 0 Å². The molecule has 5 heteroatoms. The molecule has 2 unspecified atom stereocenters. The largest absolute Gasteiger partial charge is 0.352 e. The van der Waals surface area contributed by atoms with Crippen LogP contribution in [0.3, 0.4) is 0 Å². The second-order valence-corrected chi connectivity index (χ2v) is 5.72. The topological polar surface area (TPSA) is 58.4 Å². The lowest BCUT2D eigenvalue weighted by Crippen LogP contribution is -2.45. The molecule has 1 heterocycles. The molecular weight excluding hydrogens is 250 g/mol. The number of hydrogen-bond donors (Lipinski definition) is 2. The zero-order valence-electron chi connectivity index (χ0n) is 11.2. The first-order valence-corrected chi connectivity index (χ1v) is 6.92. The third kappa shape index (κ3) is 4.41. The second kappa shape index (κ2) is 7.31. The Labute approximate surface area is 116 Å². The van der Waals surface area contributed by atoms with Gasteiger partial charge in [-0.3, -0.25) is 9.69 Å². The summed E-state index contributed by atoms with van der Waals surface area (Å²) in [4.78, 5) is 14.1. The maximum atomic E-state index is 11.9. The van der Waals surface area contributed by atoms with Crippen molar-refractivity contribution in [2.24, 2.45) is 11.7 Å². The molecule has 3 N–H and O–H groups in total. The van der Waals surface area contributed by atoms with Crippen molar-refractivity contribution in [3.63, 3.8) is 0 Å². The highest BCUT2D eigenvalue weighted by atomic mass is 35.5. The Morgan fingerprint density at radius 3 is 2.67 bits per heavy atom. The van der Waals surface area contributed by atoms with Crippen LogP contribution in [0.25, 0.3) is 0 Å². The molecule has 3 atom stereocenters. The minimum atomic E-state index is 0. The average Bonchev–Trinajstić information content (AvgIpc) is 2.67. The molecule has 0 aromatic rings. The molecule has 2 fully saturated rings. The predicted octanol–water partition coefficient (Wildman–Crippen LogP) is 1.14. The van der Waals surface area contributed by atoms with Crippen LogP contribution in [0.15, 0.2) is 0 Å². The molecule has 1 saturated carbocycles. The first-order valence-electron chi connectivity index (χ1n) is 6.92. The number of nitrogens with one attached hydrogen (secondary N) is 1. The van der Waals surface area contributed by atoms with Gasteiger partial charge in [0.15, 0.2) is 0 Å². The number of rotatable bonds is 3. The van der Waals surface area contributed by atoms with E-state index in [1.807, 2.05) is 0 Å². The van der Waals surface area contributed by atoms with Crippen LogP contribution in [-0.2, 0) is 4.79 Å². The van der Waals surface area contributed by atoms with Crippen LogP contribution in [0.4, 0.5) is 0 Å². The standard InChI is InChI=1S/C13H25N3O.ClH/c1-10-4-2-3-5-12(10)15-13(17)9-16-7-6-11(14)8-16;/h10-12H,2-9,14H2,1H3,(H,15,17);1H/t10?,11-,12?;/m0./s1. The van der Waals surface area contributed by atoms with E-state index in [9.17, 15) is 4.79 Å². The average molecular weight is 276 g/mol. The molecule has 2 aliphatic rings. The van der Waals surface area contributed by atoms with Gasteiger partial charge in [0.25, 0.3) is 0 Å². The molecule has 1 aliphatic carbocycles. The minimum Gasteiger partial charge on any atom is -0.352 e. The summed E-state index contributed by atoms with van der Waals surface area (Å²) >= 11 is 0. The van der Waals surface area contributed by atoms with Gasteiger partial charge in [0.2, 0.25) is 5.91 Å². The number of halogens is 1. The van der Waals surface area contributed by atoms with E-state index >= 15 is 0 Å². The molecule has 0 spiro atoms. The normalized spacial score (nSPS) is 32.9. The fourth-order valence-corrected chi connectivity index (χ4v) is 2.99. The molecule has 0 bridgehead atoms. The number of nitrogens with zero attached hydrogens (tertiary/aromatic N) is 1. The van der Waals surface area contributed by atoms with E-state index in [0.29, 0.717) is 18.5 Å². The van der Waals surface area contributed by atoms with Crippen LogP contribution >= 0.6 is 12.4 Å². The molecule has 0 aromatic heterocycles. The highest BCUT2D eigenvalue weighted by Crippen LogP contribution is 2.23. The number of hydrogen-bond acceptors (Lipinski definition) is 3. The summed E-state index contributed by atoms with van der Waals surface area (Å²) in [5.74, 6) is 0.811. The molecule has 2 rings (SSSR count). The maximum Gasteiger partial charge on any atom is 0.234 e. The highest BCUT2D eigenvalue weighted by Gasteiger charge is 2.25. The van der Waals surface area contributed by atoms with Gasteiger partial charge in [-0.05, 0) is 25.2 Å². The Morgan fingerprint density at radius 1 is 1.33 bits per heavy atom. The number of nitrogens with two attached hydrogens (primary N) is 1. The summed E-state index contributed by atoms with van der Waals surface area (Å²) in [5.41, 5.74) is 5.83. The van der Waals surface area contributed by atoms with Gasteiger partial charge in [-0.1, -0.05) is 19.8 Å². The third-order valence-electron chi connectivity index (χ3n) is 4.13. The van der Waals surface area contributed by atoms with Gasteiger partial charge in [-0.15, -0.1) is 12.4 Å². The van der Waals surface area contributed by atoms with E-state index in [0.717, 1.165) is 25.9 Å². The lowest BCUT2D eigenvalue weighted by atomic mass is 9.86. The van der Waals surface area contributed by atoms with Crippen molar-refractivity contribution in [1.29, 1.82) is 0 Å². The molecule has 0 radical (unpaired) electrons. The van der Waals surface area contributed by atoms with Gasteiger partial charge in [0.1, 0.15) is 0 Å². The maximum absolute atomic E-state index is 11.9. The number of carbonyl (C=O) groups is 1. The molecule has 18 heavy (non-hydrogen) atoms. The minimum absolute atomic E-state index is 0. The van der Waals surface area contributed by atoms with E-state index in [4.69, 9.17) is 5.73 Å². The van der Waals surface area contributed by atoms with E-state index in [1.165, 1.54) is 19.3 Å². The monoisotopic (exact) mass is 275 g/mol. The fourth-order valence-electron chi connectivity index (χ4n) is 2.99. The molecule has 0 aromatic carbocycles. The Kier molecular flexibility index (Phi) is 6.39. The van der Waals surface area contributed by atoms with Crippen LogP contribution in [0.2, 0.25) is 0 Å². The smallest absolute Gasteiger partial charge is 0.234 e. The van der Waals surface area contributed by atoms with E-state index in [2.05, 4.69) is 17.1 Å². The van der Waals surface area contributed by atoms with Crippen molar-refractivity contribution in [2.75, 3.05) is 19.6 Å². The summed E-state index contributed by atoms with van der Waals surface area (Å²) in [6.07, 6.45) is 5.98. The van der Waals surface area contributed by atoms with Gasteiger partial charge in [0, 0.05) is 25.2 Å². The van der Waals surface area contributed by atoms with E-state index < -0.39 is 0 Å². The molecular formula is C13H26ClN3O. The van der Waals surface area contributed by atoms with Crippen LogP contribution in [0.1, 0.15) is 39.0 Å². The summed E-state index contributed by atoms with van der Waals surface area (Å²) in [6, 6.07) is 0.656. The van der Waals surface area contributed by atoms with Crippen molar-refractivity contribution >= 4 is 18.3 Å². The van der Waals surface area contributed by atoms with Crippen LogP contribution in [0, 0.1) is 5.92 Å². The quantitative estimate of drug-likeness (QED) is 0.812. The van der Waals surface area contributed by atoms with Gasteiger partial charge in [-0.2, -0.15) is 0 Å². The molecule has 1 saturated heterocycles. The van der Waals surface area contributed by atoms with Crippen molar-refractivity contribution in [3.8, 4) is 0 Å². The number of likely N-dealkylation sites (tertiary alicyclic amines) is 1. The summed E-state index contributed by atoms with van der Waals surface area (Å²) in [7, 11) is 0. The Balaban J connectivity index is 0.00000162. The second-order valence-electron chi connectivity index (χ2n) is 5.72. The zero-order valence-corrected chi connectivity index (χ0v) is 12.0. The lowest BCUT2D eigenvalue weighted by molar-refractivity contribution is -0.123. The van der Waals surface area contributed by atoms with E-state index in [1.54, 1.807) is 0 Å². The van der Waals surface area contributed by atoms with Crippen molar-refractivity contribution < 1.29 is 4.79 Å². The summed E-state index contributed by atoms with van der Waals surface area (Å²) in [5, 5.41) is 3.19. The van der Waals surface area contributed by atoms with Gasteiger partial charge in [-0.25, -0.2) is 0 Å². The van der Waals surface area contributed by atoms with Gasteiger partial charge >= 0.3 is 0 Å². The Morgan fingerprint density at radius 2 is 2.06 bits per heavy atom. The molecule has 4 nitrogen and oxygen atoms in total. The van der Waals surface area contributed by atoms with Crippen molar-refractivity contribution in [2.45, 2.75) is 51.1 Å². The summed E-state index contributed by atoms with van der Waals surface area (Å²) < 4.78 is 0. The number of amides is 1. The molecule has 1 amide bonds. The molecule has 1 aliphatic heterocycles. The highest BCUT2D eigenvalue weighted by molar-refractivity contribution is 5.85. The van der Waals surface area contributed by atoms with Gasteiger partial charge < -0.3 is 11.1 Å². The first kappa shape index (κ1) is 15.7. The lowest BCUT2D eigenvalue weighted by Gasteiger charge is -2.30. The van der Waals surface area contributed by atoms with Crippen LogP contribution in [0.5, 0.6) is 0 Å². The van der Waals surface area contributed by atoms with E-state index in [-0.39, 0.29) is 24.4 Å².